The Bertz CT molecular complexity index is 1520. The Morgan fingerprint density at radius 3 is 2.62 bits per heavy atom. The summed E-state index contributed by atoms with van der Waals surface area (Å²) in [5.74, 6) is 2.89. The zero-order valence-electron chi connectivity index (χ0n) is 22.4. The van der Waals surface area contributed by atoms with E-state index in [-0.39, 0.29) is 0 Å². The van der Waals surface area contributed by atoms with E-state index in [1.54, 1.807) is 30.0 Å². The molecule has 0 aliphatic carbocycles. The Morgan fingerprint density at radius 1 is 1.02 bits per heavy atom. The van der Waals surface area contributed by atoms with Crippen molar-refractivity contribution in [2.75, 3.05) is 39.7 Å². The molecule has 12 heteroatoms. The molecule has 0 spiro atoms. The highest BCUT2D eigenvalue weighted by Gasteiger charge is 2.13. The summed E-state index contributed by atoms with van der Waals surface area (Å²) in [6.45, 7) is 1.35. The van der Waals surface area contributed by atoms with Crippen molar-refractivity contribution < 1.29 is 18.8 Å². The summed E-state index contributed by atoms with van der Waals surface area (Å²) in [7, 11) is 5.27. The summed E-state index contributed by atoms with van der Waals surface area (Å²) in [5, 5.41) is 19.2. The Morgan fingerprint density at radius 2 is 1.90 bits per heavy atom. The van der Waals surface area contributed by atoms with E-state index in [2.05, 4.69) is 30.9 Å². The quantitative estimate of drug-likeness (QED) is 0.0615. The lowest BCUT2D eigenvalue weighted by Gasteiger charge is -2.14. The maximum atomic E-state index is 8.87. The lowest BCUT2D eigenvalue weighted by molar-refractivity contribution is -0.468. The van der Waals surface area contributed by atoms with E-state index >= 15 is 0 Å². The molecule has 0 amide bonds. The first-order chi connectivity index (χ1) is 19.5. The molecule has 0 radical (unpaired) electrons. The number of guanidine groups is 1. The van der Waals surface area contributed by atoms with Gasteiger partial charge < -0.3 is 19.5 Å². The van der Waals surface area contributed by atoms with E-state index in [0.717, 1.165) is 16.8 Å². The van der Waals surface area contributed by atoms with Crippen LogP contribution >= 0.6 is 11.6 Å². The van der Waals surface area contributed by atoms with Gasteiger partial charge in [-0.2, -0.15) is 10.6 Å². The second kappa shape index (κ2) is 13.8. The molecule has 0 unspecified atom stereocenters. The van der Waals surface area contributed by atoms with E-state index in [1.807, 2.05) is 56.7 Å². The number of nitrogens with one attached hydrogen (secondary N) is 3. The molecule has 0 fully saturated rings. The summed E-state index contributed by atoms with van der Waals surface area (Å²) in [5.41, 5.74) is 2.24. The average molecular weight is 562 g/mol. The summed E-state index contributed by atoms with van der Waals surface area (Å²) in [6, 6.07) is 14.8. The van der Waals surface area contributed by atoms with Crippen molar-refractivity contribution in [1.82, 2.24) is 25.6 Å². The van der Waals surface area contributed by atoms with Crippen molar-refractivity contribution in [2.45, 2.75) is 13.0 Å². The Hall–Kier alpha value is -4.82. The topological polar surface area (TPSA) is 129 Å². The number of hydrogen-bond donors (Lipinski definition) is 3. The largest absolute Gasteiger partial charge is 0.493 e. The summed E-state index contributed by atoms with van der Waals surface area (Å²) < 4.78 is 19.2. The summed E-state index contributed by atoms with van der Waals surface area (Å²) >= 11 is 6.50. The number of nitrogens with zero attached hydrogens (tertiary/aromatic N) is 5. The standard InChI is InChI=1S/C28H29ClN8O3/c1-37(2)28(33-17-30)32-11-6-12-39-26-14-21-23(15-25(26)38-3)34-18-35-27(21)36-19-8-9-24(22(29)13-19)40-16-20-7-4-5-10-31-20/h4-5,7-10,13-15,18H,6,11-12,16H2,1-3H3,(H2,32,33,34,35,36)/p+1. The highest BCUT2D eigenvalue weighted by atomic mass is 35.5. The summed E-state index contributed by atoms with van der Waals surface area (Å²) in [4.78, 5) is 13.1. The average Bonchev–Trinajstić information content (AvgIpc) is 2.96. The van der Waals surface area contributed by atoms with Gasteiger partial charge in [-0.3, -0.25) is 14.9 Å². The molecule has 40 heavy (non-hydrogen) atoms. The van der Waals surface area contributed by atoms with Crippen LogP contribution in [0.1, 0.15) is 12.1 Å². The Kier molecular flexibility index (Phi) is 9.74. The van der Waals surface area contributed by atoms with Gasteiger partial charge in [-0.1, -0.05) is 17.7 Å². The fourth-order valence-corrected chi connectivity index (χ4v) is 3.97. The van der Waals surface area contributed by atoms with E-state index in [4.69, 9.17) is 31.1 Å². The van der Waals surface area contributed by atoms with Gasteiger partial charge in [0.05, 0.1) is 50.6 Å². The lowest BCUT2D eigenvalue weighted by atomic mass is 10.2. The maximum Gasteiger partial charge on any atom is 0.359 e. The van der Waals surface area contributed by atoms with Gasteiger partial charge >= 0.3 is 5.96 Å². The van der Waals surface area contributed by atoms with E-state index in [0.29, 0.717) is 65.7 Å². The van der Waals surface area contributed by atoms with Crippen LogP contribution in [0.3, 0.4) is 0 Å². The van der Waals surface area contributed by atoms with Crippen molar-refractivity contribution in [1.29, 1.82) is 5.26 Å². The number of anilines is 2. The van der Waals surface area contributed by atoms with Crippen LogP contribution in [0.4, 0.5) is 11.5 Å². The molecule has 0 bridgehead atoms. The second-order valence-electron chi connectivity index (χ2n) is 8.73. The van der Waals surface area contributed by atoms with Gasteiger partial charge in [0.1, 0.15) is 24.5 Å². The third-order valence-electron chi connectivity index (χ3n) is 5.71. The van der Waals surface area contributed by atoms with Crippen LogP contribution in [0.2, 0.25) is 5.02 Å². The molecule has 4 aromatic rings. The normalized spacial score (nSPS) is 10.4. The van der Waals surface area contributed by atoms with Crippen LogP contribution in [0.25, 0.3) is 10.9 Å². The molecule has 2 heterocycles. The van der Waals surface area contributed by atoms with Crippen LogP contribution in [0, 0.1) is 11.5 Å². The van der Waals surface area contributed by atoms with E-state index < -0.39 is 0 Å². The molecular weight excluding hydrogens is 532 g/mol. The zero-order chi connectivity index (χ0) is 28.3. The number of rotatable bonds is 11. The van der Waals surface area contributed by atoms with Crippen LogP contribution < -0.4 is 30.2 Å². The first kappa shape index (κ1) is 28.2. The van der Waals surface area contributed by atoms with E-state index in [9.17, 15) is 0 Å². The first-order valence-electron chi connectivity index (χ1n) is 12.5. The number of pyridine rings is 1. The molecule has 3 N–H and O–H groups in total. The van der Waals surface area contributed by atoms with Crippen LogP contribution in [0.5, 0.6) is 17.2 Å². The lowest BCUT2D eigenvalue weighted by Crippen LogP contribution is -2.41. The van der Waals surface area contributed by atoms with Crippen molar-refractivity contribution in [2.24, 2.45) is 0 Å². The number of halogens is 1. The van der Waals surface area contributed by atoms with Crippen LogP contribution in [-0.4, -0.2) is 59.8 Å². The fraction of sp³-hybridized carbons (Fsp3) is 0.250. The monoisotopic (exact) mass is 561 g/mol. The molecule has 2 aromatic heterocycles. The van der Waals surface area contributed by atoms with Crippen LogP contribution in [0.15, 0.2) is 61.1 Å². The number of methoxy groups -OCH3 is 1. The molecule has 0 saturated carbocycles. The molecule has 206 valence electrons. The highest BCUT2D eigenvalue weighted by Crippen LogP contribution is 2.36. The van der Waals surface area contributed by atoms with Crippen molar-refractivity contribution in [3.8, 4) is 23.4 Å². The first-order valence-corrected chi connectivity index (χ1v) is 12.8. The highest BCUT2D eigenvalue weighted by molar-refractivity contribution is 6.32. The predicted octanol–water partition coefficient (Wildman–Crippen LogP) is 4.07. The third-order valence-corrected chi connectivity index (χ3v) is 6.01. The number of fused-ring (bicyclic) bond motifs is 1. The van der Waals surface area contributed by atoms with Gasteiger partial charge in [-0.05, 0) is 36.4 Å². The summed E-state index contributed by atoms with van der Waals surface area (Å²) in [6.07, 6.45) is 5.81. The van der Waals surface area contributed by atoms with Crippen LogP contribution in [-0.2, 0) is 6.61 Å². The smallest absolute Gasteiger partial charge is 0.359 e. The minimum absolute atomic E-state index is 0.316. The number of benzene rings is 2. The number of aromatic nitrogens is 3. The SMILES string of the molecule is COc1cc2ncnc(Nc3ccc(OCc4ccccn4)c(Cl)c3)c2cc1OCCCNC(NC#N)=[N+](C)C. The third kappa shape index (κ3) is 7.39. The molecule has 0 aliphatic heterocycles. The van der Waals surface area contributed by atoms with Crippen molar-refractivity contribution >= 4 is 40.0 Å². The second-order valence-corrected chi connectivity index (χ2v) is 9.14. The maximum absolute atomic E-state index is 8.87. The predicted molar refractivity (Wildman–Crippen MR) is 153 cm³/mol. The van der Waals surface area contributed by atoms with Gasteiger partial charge in [0.15, 0.2) is 11.5 Å². The minimum Gasteiger partial charge on any atom is -0.493 e. The number of hydrogen-bond acceptors (Lipinski definition) is 8. The Balaban J connectivity index is 1.45. The fourth-order valence-electron chi connectivity index (χ4n) is 3.73. The number of nitriles is 1. The number of ether oxygens (including phenoxy) is 3. The van der Waals surface area contributed by atoms with Gasteiger partial charge in [0.25, 0.3) is 6.19 Å². The van der Waals surface area contributed by atoms with Gasteiger partial charge in [0.2, 0.25) is 0 Å². The van der Waals surface area contributed by atoms with E-state index in [1.165, 1.54) is 6.33 Å². The van der Waals surface area contributed by atoms with Gasteiger partial charge in [-0.25, -0.2) is 9.97 Å². The van der Waals surface area contributed by atoms with Gasteiger partial charge in [-0.15, -0.1) is 0 Å². The molecule has 11 nitrogen and oxygen atoms in total. The minimum atomic E-state index is 0.316. The Labute approximate surface area is 237 Å². The van der Waals surface area contributed by atoms with Gasteiger partial charge in [0, 0.05) is 29.8 Å². The molecule has 4 rings (SSSR count). The molecular formula is C28H30ClN8O3+. The van der Waals surface area contributed by atoms with Crippen molar-refractivity contribution in [3.63, 3.8) is 0 Å². The van der Waals surface area contributed by atoms with Crippen molar-refractivity contribution in [3.05, 3.63) is 71.8 Å². The molecule has 0 saturated heterocycles. The zero-order valence-corrected chi connectivity index (χ0v) is 23.2. The molecule has 0 atom stereocenters. The molecule has 0 aliphatic rings. The molecule has 2 aromatic carbocycles.